The van der Waals surface area contributed by atoms with E-state index in [0.29, 0.717) is 12.8 Å². The molecule has 2 aliphatic heterocycles. The summed E-state index contributed by atoms with van der Waals surface area (Å²) in [5, 5.41) is 8.53. The van der Waals surface area contributed by atoms with Crippen LogP contribution in [0.15, 0.2) is 29.2 Å². The highest BCUT2D eigenvalue weighted by molar-refractivity contribution is 7.91. The lowest BCUT2D eigenvalue weighted by atomic mass is 10.1. The van der Waals surface area contributed by atoms with E-state index in [4.69, 9.17) is 9.29 Å². The number of sulfone groups is 2. The number of aliphatic hydroxyl groups excluding tert-OH is 1. The van der Waals surface area contributed by atoms with Gasteiger partial charge in [0.25, 0.3) is 10.1 Å². The summed E-state index contributed by atoms with van der Waals surface area (Å²) in [7, 11) is -9.57. The minimum Gasteiger partial charge on any atom is -0.396 e. The monoisotopic (exact) mass is 470 g/mol. The largest absolute Gasteiger partial charge is 0.396 e. The predicted octanol–water partition coefficient (Wildman–Crippen LogP) is 1.18. The van der Waals surface area contributed by atoms with E-state index in [9.17, 15) is 25.3 Å². The van der Waals surface area contributed by atoms with E-state index in [1.807, 2.05) is 6.92 Å². The Morgan fingerprint density at radius 2 is 1.45 bits per heavy atom. The van der Waals surface area contributed by atoms with Crippen molar-refractivity contribution >= 4 is 29.8 Å². The van der Waals surface area contributed by atoms with Crippen LogP contribution in [0.25, 0.3) is 0 Å². The normalized spacial score (nSPS) is 24.9. The van der Waals surface area contributed by atoms with Crippen LogP contribution in [-0.2, 0) is 34.0 Å². The Labute approximate surface area is 174 Å². The molecule has 8 nitrogen and oxygen atoms in total. The lowest BCUT2D eigenvalue weighted by Gasteiger charge is -2.09. The molecule has 2 atom stereocenters. The fourth-order valence-corrected chi connectivity index (χ4v) is 7.65. The molecule has 2 unspecified atom stereocenters. The molecule has 2 saturated heterocycles. The Bertz CT molecular complexity index is 964. The Morgan fingerprint density at radius 3 is 1.83 bits per heavy atom. The molecular formula is C18H30O8S3. The molecule has 0 aliphatic carbocycles. The number of hydrogen-bond donors (Lipinski definition) is 1. The van der Waals surface area contributed by atoms with Gasteiger partial charge in [-0.3, -0.25) is 4.18 Å². The second kappa shape index (κ2) is 10.3. The quantitative estimate of drug-likeness (QED) is 0.635. The van der Waals surface area contributed by atoms with Gasteiger partial charge in [0.1, 0.15) is 0 Å². The first kappa shape index (κ1) is 26.0. The Morgan fingerprint density at radius 1 is 0.966 bits per heavy atom. The van der Waals surface area contributed by atoms with Crippen molar-refractivity contribution in [3.05, 3.63) is 29.8 Å². The number of benzene rings is 1. The van der Waals surface area contributed by atoms with Crippen molar-refractivity contribution in [1.82, 2.24) is 0 Å². The molecule has 1 N–H and O–H groups in total. The van der Waals surface area contributed by atoms with Crippen LogP contribution < -0.4 is 0 Å². The van der Waals surface area contributed by atoms with Crippen molar-refractivity contribution in [2.45, 2.75) is 32.1 Å². The zero-order valence-electron chi connectivity index (χ0n) is 15.7. The molecule has 0 bridgehead atoms. The van der Waals surface area contributed by atoms with E-state index in [0.717, 1.165) is 5.56 Å². The zero-order chi connectivity index (χ0) is 21.0. The zero-order valence-corrected chi connectivity index (χ0v) is 18.1. The second-order valence-corrected chi connectivity index (χ2v) is 13.3. The van der Waals surface area contributed by atoms with Crippen molar-refractivity contribution in [3.63, 3.8) is 0 Å². The number of hydrogen-bond acceptors (Lipinski definition) is 8. The van der Waals surface area contributed by atoms with Crippen LogP contribution in [-0.4, -0.2) is 66.6 Å². The molecule has 0 spiro atoms. The molecule has 11 heteroatoms. The van der Waals surface area contributed by atoms with Crippen LogP contribution in [0.5, 0.6) is 0 Å². The molecule has 2 aliphatic rings. The Hall–Kier alpha value is -1.01. The third-order valence-electron chi connectivity index (χ3n) is 4.68. The summed E-state index contributed by atoms with van der Waals surface area (Å²) in [5.74, 6) is 0.351. The van der Waals surface area contributed by atoms with Gasteiger partial charge in [-0.2, -0.15) is 8.42 Å². The predicted molar refractivity (Wildman–Crippen MR) is 112 cm³/mol. The highest BCUT2D eigenvalue weighted by atomic mass is 32.2. The summed E-state index contributed by atoms with van der Waals surface area (Å²) >= 11 is 0. The number of rotatable bonds is 5. The fraction of sp³-hybridized carbons (Fsp3) is 0.667. The molecule has 0 amide bonds. The van der Waals surface area contributed by atoms with Crippen LogP contribution in [0.4, 0.5) is 0 Å². The Kier molecular flexibility index (Phi) is 9.28. The molecule has 0 radical (unpaired) electrons. The molecule has 3 rings (SSSR count). The van der Waals surface area contributed by atoms with Gasteiger partial charge < -0.3 is 5.11 Å². The fourth-order valence-electron chi connectivity index (χ4n) is 2.98. The SMILES string of the molecule is C.Cc1ccc(S(=O)(=O)OCC2CCS(=O)(=O)C2)cc1.O=S1(=O)CCC(CO)C1. The number of aryl methyl sites for hydroxylation is 1. The lowest BCUT2D eigenvalue weighted by Crippen LogP contribution is -2.16. The third kappa shape index (κ3) is 8.33. The molecule has 1 aromatic carbocycles. The van der Waals surface area contributed by atoms with E-state index >= 15 is 0 Å². The van der Waals surface area contributed by atoms with Crippen LogP contribution in [0, 0.1) is 18.8 Å². The van der Waals surface area contributed by atoms with Gasteiger partial charge in [-0.15, -0.1) is 0 Å². The van der Waals surface area contributed by atoms with Gasteiger partial charge in [-0.25, -0.2) is 16.8 Å². The van der Waals surface area contributed by atoms with Crippen molar-refractivity contribution in [1.29, 1.82) is 0 Å². The summed E-state index contributed by atoms with van der Waals surface area (Å²) in [6.45, 7) is 1.80. The van der Waals surface area contributed by atoms with Gasteiger partial charge in [0.2, 0.25) is 0 Å². The third-order valence-corrected chi connectivity index (χ3v) is 9.65. The maximum absolute atomic E-state index is 11.9. The summed E-state index contributed by atoms with van der Waals surface area (Å²) in [6.07, 6.45) is 1.10. The average Bonchev–Trinajstić information content (AvgIpc) is 3.15. The van der Waals surface area contributed by atoms with E-state index in [2.05, 4.69) is 0 Å². The van der Waals surface area contributed by atoms with Crippen LogP contribution >= 0.6 is 0 Å². The van der Waals surface area contributed by atoms with Crippen molar-refractivity contribution in [3.8, 4) is 0 Å². The topological polar surface area (TPSA) is 132 Å². The standard InChI is InChI=1S/C12H16O5S2.C5H10O3S.CH4/c1-10-2-4-12(5-3-10)19(15,16)17-8-11-6-7-18(13,14)9-11;6-3-5-1-2-9(7,8)4-5;/h2-5,11H,6-9H2,1H3;5-6H,1-4H2;1H4. The van der Waals surface area contributed by atoms with Gasteiger partial charge in [-0.1, -0.05) is 25.1 Å². The average molecular weight is 471 g/mol. The summed E-state index contributed by atoms with van der Waals surface area (Å²) in [6, 6.07) is 6.35. The molecule has 2 fully saturated rings. The van der Waals surface area contributed by atoms with E-state index in [1.165, 1.54) is 12.1 Å². The smallest absolute Gasteiger partial charge is 0.296 e. The van der Waals surface area contributed by atoms with Gasteiger partial charge >= 0.3 is 0 Å². The maximum Gasteiger partial charge on any atom is 0.296 e. The van der Waals surface area contributed by atoms with E-state index < -0.39 is 29.8 Å². The minimum atomic E-state index is -3.80. The first-order valence-corrected chi connectivity index (χ1v) is 14.0. The van der Waals surface area contributed by atoms with Gasteiger partial charge in [-0.05, 0) is 43.7 Å². The first-order chi connectivity index (χ1) is 12.9. The molecular weight excluding hydrogens is 440 g/mol. The van der Waals surface area contributed by atoms with Crippen molar-refractivity contribution < 1.29 is 34.5 Å². The summed E-state index contributed by atoms with van der Waals surface area (Å²) in [4.78, 5) is 0.0963. The highest BCUT2D eigenvalue weighted by Gasteiger charge is 2.29. The van der Waals surface area contributed by atoms with Crippen LogP contribution in [0.3, 0.4) is 0 Å². The van der Waals surface area contributed by atoms with Gasteiger partial charge in [0.05, 0.1) is 34.5 Å². The summed E-state index contributed by atoms with van der Waals surface area (Å²) in [5.41, 5.74) is 0.959. The van der Waals surface area contributed by atoms with E-state index in [1.54, 1.807) is 12.1 Å². The van der Waals surface area contributed by atoms with Gasteiger partial charge in [0, 0.05) is 6.61 Å². The second-order valence-electron chi connectivity index (χ2n) is 7.27. The van der Waals surface area contributed by atoms with Crippen LogP contribution in [0.2, 0.25) is 0 Å². The van der Waals surface area contributed by atoms with Crippen molar-refractivity contribution in [2.24, 2.45) is 11.8 Å². The van der Waals surface area contributed by atoms with E-state index in [-0.39, 0.29) is 60.4 Å². The van der Waals surface area contributed by atoms with Crippen LogP contribution in [0.1, 0.15) is 25.8 Å². The molecule has 29 heavy (non-hydrogen) atoms. The number of aliphatic hydroxyl groups is 1. The minimum absolute atomic E-state index is 0. The molecule has 0 aromatic heterocycles. The van der Waals surface area contributed by atoms with Gasteiger partial charge in [0.15, 0.2) is 19.7 Å². The molecule has 1 aromatic rings. The first-order valence-electron chi connectivity index (χ1n) is 8.90. The summed E-state index contributed by atoms with van der Waals surface area (Å²) < 4.78 is 72.6. The maximum atomic E-state index is 11.9. The van der Waals surface area contributed by atoms with Crippen molar-refractivity contribution in [2.75, 3.05) is 36.2 Å². The lowest BCUT2D eigenvalue weighted by molar-refractivity contribution is 0.241. The molecule has 2 heterocycles. The Balaban J connectivity index is 0.000000355. The molecule has 0 saturated carbocycles. The highest BCUT2D eigenvalue weighted by Crippen LogP contribution is 2.21. The molecule has 168 valence electrons.